The summed E-state index contributed by atoms with van der Waals surface area (Å²) in [5, 5.41) is 4.10. The minimum atomic E-state index is -4.23. The Morgan fingerprint density at radius 1 is 1.00 bits per heavy atom. The molecule has 0 aliphatic carbocycles. The third-order valence-corrected chi connectivity index (χ3v) is 8.80. The van der Waals surface area contributed by atoms with Crippen LogP contribution in [-0.4, -0.2) is 52.3 Å². The van der Waals surface area contributed by atoms with E-state index in [2.05, 4.69) is 15.0 Å². The van der Waals surface area contributed by atoms with Crippen molar-refractivity contribution in [2.24, 2.45) is 0 Å². The maximum atomic E-state index is 14.7. The summed E-state index contributed by atoms with van der Waals surface area (Å²) >= 11 is 12.2. The lowest BCUT2D eigenvalue weighted by atomic mass is 10.2. The highest BCUT2D eigenvalue weighted by Gasteiger charge is 2.30. The van der Waals surface area contributed by atoms with E-state index in [0.717, 1.165) is 16.4 Å². The Morgan fingerprint density at radius 3 is 2.39 bits per heavy atom. The van der Waals surface area contributed by atoms with Crippen molar-refractivity contribution in [2.45, 2.75) is 9.79 Å². The van der Waals surface area contributed by atoms with Gasteiger partial charge in [0.25, 0.3) is 10.0 Å². The van der Waals surface area contributed by atoms with Crippen LogP contribution in [-0.2, 0) is 20.0 Å². The van der Waals surface area contributed by atoms with Gasteiger partial charge in [-0.2, -0.15) is 4.31 Å². The highest BCUT2D eigenvalue weighted by molar-refractivity contribution is 7.92. The van der Waals surface area contributed by atoms with Crippen LogP contribution in [0.1, 0.15) is 0 Å². The van der Waals surface area contributed by atoms with Crippen LogP contribution in [0.25, 0.3) is 10.9 Å². The van der Waals surface area contributed by atoms with Crippen LogP contribution < -0.4 is 10.0 Å². The van der Waals surface area contributed by atoms with Crippen molar-refractivity contribution in [2.75, 3.05) is 30.9 Å². The fraction of sp³-hybridized carbons (Fsp3) is 0.222. The first-order valence-electron chi connectivity index (χ1n) is 9.09. The molecule has 1 aliphatic rings. The maximum absolute atomic E-state index is 14.7. The molecule has 2 aromatic carbocycles. The summed E-state index contributed by atoms with van der Waals surface area (Å²) in [7, 11) is -8.31. The summed E-state index contributed by atoms with van der Waals surface area (Å²) in [5.41, 5.74) is 0.517. The Bertz CT molecular complexity index is 1370. The number of aromatic nitrogens is 1. The molecular formula is C18H17Cl2FN4O4S2. The van der Waals surface area contributed by atoms with Crippen molar-refractivity contribution in [3.8, 4) is 0 Å². The number of rotatable bonds is 5. The number of nitrogens with one attached hydrogen (secondary N) is 3. The van der Waals surface area contributed by atoms with Gasteiger partial charge in [-0.15, -0.1) is 0 Å². The molecule has 3 N–H and O–H groups in total. The quantitative estimate of drug-likeness (QED) is 0.492. The SMILES string of the molecule is O=S(=O)(Nc1ccc(Cl)c2c(Cl)c[nH]c12)c1ccc(S(=O)(=O)N2CCNCC2)c(F)c1. The zero-order valence-corrected chi connectivity index (χ0v) is 19.0. The molecular weight excluding hydrogens is 490 g/mol. The van der Waals surface area contributed by atoms with E-state index in [1.54, 1.807) is 0 Å². The van der Waals surface area contributed by atoms with E-state index in [4.69, 9.17) is 23.2 Å². The molecule has 13 heteroatoms. The summed E-state index contributed by atoms with van der Waals surface area (Å²) in [6, 6.07) is 5.62. The molecule has 1 aromatic heterocycles. The third-order valence-electron chi connectivity index (χ3n) is 4.89. The van der Waals surface area contributed by atoms with Gasteiger partial charge in [-0.05, 0) is 30.3 Å². The van der Waals surface area contributed by atoms with Crippen LogP contribution in [0.15, 0.2) is 46.3 Å². The van der Waals surface area contributed by atoms with E-state index in [0.29, 0.717) is 40.1 Å². The molecule has 166 valence electrons. The maximum Gasteiger partial charge on any atom is 0.262 e. The van der Waals surface area contributed by atoms with E-state index < -0.39 is 35.7 Å². The Hall–Kier alpha value is -1.89. The van der Waals surface area contributed by atoms with Gasteiger partial charge in [-0.1, -0.05) is 23.2 Å². The van der Waals surface area contributed by atoms with Crippen molar-refractivity contribution < 1.29 is 21.2 Å². The summed E-state index contributed by atoms with van der Waals surface area (Å²) < 4.78 is 69.3. The number of sulfonamides is 2. The lowest BCUT2D eigenvalue weighted by molar-refractivity contribution is 0.358. The zero-order valence-electron chi connectivity index (χ0n) is 15.8. The molecule has 1 fully saturated rings. The Kier molecular flexibility index (Phi) is 5.92. The number of H-pyrrole nitrogens is 1. The van der Waals surface area contributed by atoms with Crippen LogP contribution in [0, 0.1) is 5.82 Å². The topological polar surface area (TPSA) is 111 Å². The highest BCUT2D eigenvalue weighted by atomic mass is 35.5. The molecule has 0 amide bonds. The predicted octanol–water partition coefficient (Wildman–Crippen LogP) is 3.01. The van der Waals surface area contributed by atoms with Gasteiger partial charge < -0.3 is 10.3 Å². The first-order valence-corrected chi connectivity index (χ1v) is 12.8. The molecule has 0 atom stereocenters. The van der Waals surface area contributed by atoms with Gasteiger partial charge >= 0.3 is 0 Å². The minimum absolute atomic E-state index is 0.157. The molecule has 8 nitrogen and oxygen atoms in total. The third kappa shape index (κ3) is 4.13. The van der Waals surface area contributed by atoms with Crippen molar-refractivity contribution in [3.05, 3.63) is 52.4 Å². The number of halogens is 3. The molecule has 2 heterocycles. The fourth-order valence-electron chi connectivity index (χ4n) is 3.34. The number of benzene rings is 2. The molecule has 0 saturated carbocycles. The minimum Gasteiger partial charge on any atom is -0.358 e. The van der Waals surface area contributed by atoms with Crippen molar-refractivity contribution in [1.82, 2.24) is 14.6 Å². The molecule has 4 rings (SSSR count). The van der Waals surface area contributed by atoms with Gasteiger partial charge in [0.1, 0.15) is 10.7 Å². The van der Waals surface area contributed by atoms with Gasteiger partial charge in [0.2, 0.25) is 10.0 Å². The lowest BCUT2D eigenvalue weighted by Crippen LogP contribution is -2.46. The van der Waals surface area contributed by atoms with Gasteiger partial charge in [-0.3, -0.25) is 4.72 Å². The average molecular weight is 507 g/mol. The lowest BCUT2D eigenvalue weighted by Gasteiger charge is -2.26. The second-order valence-electron chi connectivity index (χ2n) is 6.83. The van der Waals surface area contributed by atoms with E-state index >= 15 is 0 Å². The van der Waals surface area contributed by atoms with Crippen LogP contribution in [0.4, 0.5) is 10.1 Å². The standard InChI is InChI=1S/C18H17Cl2FN4O4S2/c19-12-2-3-15(18-17(12)13(20)10-23-18)24-30(26,27)11-1-4-16(14(21)9-11)31(28,29)25-7-5-22-6-8-25/h1-4,9-10,22-24H,5-8H2. The monoisotopic (exact) mass is 506 g/mol. The second-order valence-corrected chi connectivity index (χ2v) is 11.2. The van der Waals surface area contributed by atoms with Gasteiger partial charge in [0.15, 0.2) is 0 Å². The zero-order chi connectivity index (χ0) is 22.4. The summed E-state index contributed by atoms with van der Waals surface area (Å²) in [4.78, 5) is 1.84. The average Bonchev–Trinajstić information content (AvgIpc) is 3.13. The molecule has 0 bridgehead atoms. The summed E-state index contributed by atoms with van der Waals surface area (Å²) in [5.74, 6) is -1.15. The van der Waals surface area contributed by atoms with Crippen molar-refractivity contribution in [1.29, 1.82) is 0 Å². The van der Waals surface area contributed by atoms with E-state index in [-0.39, 0.29) is 18.8 Å². The van der Waals surface area contributed by atoms with Crippen molar-refractivity contribution in [3.63, 3.8) is 0 Å². The fourth-order valence-corrected chi connectivity index (χ4v) is 6.47. The molecule has 0 spiro atoms. The number of hydrogen-bond acceptors (Lipinski definition) is 5. The van der Waals surface area contributed by atoms with Gasteiger partial charge in [0.05, 0.1) is 26.1 Å². The Morgan fingerprint density at radius 2 is 1.71 bits per heavy atom. The smallest absolute Gasteiger partial charge is 0.262 e. The largest absolute Gasteiger partial charge is 0.358 e. The number of aromatic amines is 1. The molecule has 1 saturated heterocycles. The number of hydrogen-bond donors (Lipinski definition) is 3. The Labute approximate surface area is 188 Å². The normalized spacial score (nSPS) is 16.0. The number of piperazine rings is 1. The van der Waals surface area contributed by atoms with Gasteiger partial charge in [0, 0.05) is 37.8 Å². The molecule has 0 radical (unpaired) electrons. The predicted molar refractivity (Wildman–Crippen MR) is 117 cm³/mol. The summed E-state index contributed by atoms with van der Waals surface area (Å²) in [6.07, 6.45) is 1.46. The summed E-state index contributed by atoms with van der Waals surface area (Å²) in [6.45, 7) is 1.31. The van der Waals surface area contributed by atoms with E-state index in [1.807, 2.05) is 0 Å². The Balaban J connectivity index is 1.67. The first-order chi connectivity index (χ1) is 14.6. The van der Waals surface area contributed by atoms with Crippen LogP contribution in [0.2, 0.25) is 10.0 Å². The molecule has 31 heavy (non-hydrogen) atoms. The number of nitrogens with zero attached hydrogens (tertiary/aromatic N) is 1. The van der Waals surface area contributed by atoms with Crippen molar-refractivity contribution >= 4 is 59.8 Å². The highest BCUT2D eigenvalue weighted by Crippen LogP contribution is 2.35. The van der Waals surface area contributed by atoms with Crippen LogP contribution in [0.5, 0.6) is 0 Å². The second kappa shape index (κ2) is 8.23. The number of fused-ring (bicyclic) bond motifs is 1. The van der Waals surface area contributed by atoms with Crippen LogP contribution in [0.3, 0.4) is 0 Å². The first kappa shape index (κ1) is 22.3. The molecule has 0 unspecified atom stereocenters. The number of anilines is 1. The van der Waals surface area contributed by atoms with Gasteiger partial charge in [-0.25, -0.2) is 21.2 Å². The molecule has 1 aliphatic heterocycles. The van der Waals surface area contributed by atoms with E-state index in [1.165, 1.54) is 18.3 Å². The van der Waals surface area contributed by atoms with E-state index in [9.17, 15) is 21.2 Å². The van der Waals surface area contributed by atoms with Crippen LogP contribution >= 0.6 is 23.2 Å². The molecule has 3 aromatic rings.